The van der Waals surface area contributed by atoms with Gasteiger partial charge in [-0.15, -0.1) is 0 Å². The van der Waals surface area contributed by atoms with Crippen LogP contribution >= 0.6 is 0 Å². The summed E-state index contributed by atoms with van der Waals surface area (Å²) in [4.78, 5) is 14.0. The molecule has 2 N–H and O–H groups in total. The maximum absolute atomic E-state index is 11.6. The zero-order valence-corrected chi connectivity index (χ0v) is 10.0. The van der Waals surface area contributed by atoms with Crippen molar-refractivity contribution < 1.29 is 9.53 Å². The van der Waals surface area contributed by atoms with Gasteiger partial charge in [-0.25, -0.2) is 0 Å². The molecule has 18 heavy (non-hydrogen) atoms. The Hall–Kier alpha value is -1.75. The van der Waals surface area contributed by atoms with E-state index in [1.165, 1.54) is 0 Å². The first-order chi connectivity index (χ1) is 8.84. The van der Waals surface area contributed by atoms with Crippen molar-refractivity contribution in [1.29, 1.82) is 0 Å². The van der Waals surface area contributed by atoms with Crippen molar-refractivity contribution in [1.82, 2.24) is 10.6 Å². The molecule has 0 aromatic heterocycles. The molecule has 94 valence electrons. The second-order valence-electron chi connectivity index (χ2n) is 4.98. The summed E-state index contributed by atoms with van der Waals surface area (Å²) in [5.41, 5.74) is 2.93. The first-order valence-electron chi connectivity index (χ1n) is 6.39. The monoisotopic (exact) mass is 245 g/mol. The molecule has 0 spiro atoms. The molecular formula is C13H15N3O2. The van der Waals surface area contributed by atoms with E-state index in [2.05, 4.69) is 15.5 Å². The van der Waals surface area contributed by atoms with Crippen LogP contribution in [0.5, 0.6) is 5.75 Å². The lowest BCUT2D eigenvalue weighted by Crippen LogP contribution is -2.55. The van der Waals surface area contributed by atoms with Crippen LogP contribution < -0.4 is 20.3 Å². The Kier molecular flexibility index (Phi) is 2.05. The molecule has 3 heterocycles. The predicted molar refractivity (Wildman–Crippen MR) is 67.1 cm³/mol. The van der Waals surface area contributed by atoms with Crippen LogP contribution in [-0.4, -0.2) is 38.2 Å². The van der Waals surface area contributed by atoms with Gasteiger partial charge >= 0.3 is 0 Å². The highest BCUT2D eigenvalue weighted by molar-refractivity contribution is 6.00. The van der Waals surface area contributed by atoms with Gasteiger partial charge in [-0.05, 0) is 12.1 Å². The number of anilines is 1. The molecule has 1 atom stereocenters. The van der Waals surface area contributed by atoms with Crippen molar-refractivity contribution in [3.05, 3.63) is 23.3 Å². The molecule has 1 saturated heterocycles. The third-order valence-electron chi connectivity index (χ3n) is 3.99. The first-order valence-corrected chi connectivity index (χ1v) is 6.39. The zero-order valence-electron chi connectivity index (χ0n) is 10.0. The summed E-state index contributed by atoms with van der Waals surface area (Å²) in [6.45, 7) is 4.26. The van der Waals surface area contributed by atoms with Crippen molar-refractivity contribution in [2.75, 3.05) is 31.1 Å². The summed E-state index contributed by atoms with van der Waals surface area (Å²) in [5.74, 6) is 0.919. The number of carbonyl (C=O) groups is 1. The molecular weight excluding hydrogens is 230 g/mol. The molecule has 1 fully saturated rings. The maximum atomic E-state index is 11.6. The van der Waals surface area contributed by atoms with Crippen LogP contribution in [0.2, 0.25) is 0 Å². The van der Waals surface area contributed by atoms with Crippen LogP contribution in [0.3, 0.4) is 0 Å². The molecule has 0 radical (unpaired) electrons. The minimum absolute atomic E-state index is 0.0128. The molecule has 0 saturated carbocycles. The van der Waals surface area contributed by atoms with Gasteiger partial charge in [-0.1, -0.05) is 0 Å². The average molecular weight is 245 g/mol. The van der Waals surface area contributed by atoms with Crippen molar-refractivity contribution in [3.8, 4) is 5.75 Å². The minimum atomic E-state index is 0.0128. The fourth-order valence-corrected chi connectivity index (χ4v) is 3.06. The fraction of sp³-hybridized carbons (Fsp3) is 0.462. The first kappa shape index (κ1) is 10.2. The normalized spacial score (nSPS) is 24.8. The van der Waals surface area contributed by atoms with E-state index < -0.39 is 0 Å². The van der Waals surface area contributed by atoms with Crippen LogP contribution in [0.25, 0.3) is 0 Å². The Labute approximate surface area is 105 Å². The number of amides is 1. The Morgan fingerprint density at radius 1 is 1.39 bits per heavy atom. The number of benzene rings is 1. The van der Waals surface area contributed by atoms with E-state index >= 15 is 0 Å². The molecule has 0 unspecified atom stereocenters. The van der Waals surface area contributed by atoms with Crippen LogP contribution in [0.4, 0.5) is 5.69 Å². The summed E-state index contributed by atoms with van der Waals surface area (Å²) in [7, 11) is 0. The quantitative estimate of drug-likeness (QED) is 0.681. The number of nitrogens with zero attached hydrogens (tertiary/aromatic N) is 1. The van der Waals surface area contributed by atoms with Crippen molar-refractivity contribution in [3.63, 3.8) is 0 Å². The SMILES string of the molecule is O=C1NCc2c1ccc1c2OC[C@@H]2CNCCN12. The van der Waals surface area contributed by atoms with Crippen LogP contribution in [0.1, 0.15) is 15.9 Å². The van der Waals surface area contributed by atoms with Crippen LogP contribution in [0, 0.1) is 0 Å². The van der Waals surface area contributed by atoms with Crippen molar-refractivity contribution >= 4 is 11.6 Å². The van der Waals surface area contributed by atoms with Gasteiger partial charge in [0.15, 0.2) is 0 Å². The Bertz CT molecular complexity index is 529. The fourth-order valence-electron chi connectivity index (χ4n) is 3.06. The number of fused-ring (bicyclic) bond motifs is 5. The summed E-state index contributed by atoms with van der Waals surface area (Å²) in [6, 6.07) is 4.36. The van der Waals surface area contributed by atoms with Gasteiger partial charge in [0.1, 0.15) is 12.4 Å². The van der Waals surface area contributed by atoms with Gasteiger partial charge in [-0.3, -0.25) is 4.79 Å². The molecule has 0 aliphatic carbocycles. The second-order valence-corrected chi connectivity index (χ2v) is 4.98. The smallest absolute Gasteiger partial charge is 0.252 e. The van der Waals surface area contributed by atoms with Gasteiger partial charge in [0.25, 0.3) is 5.91 Å². The van der Waals surface area contributed by atoms with Gasteiger partial charge in [0.2, 0.25) is 0 Å². The van der Waals surface area contributed by atoms with Crippen LogP contribution in [-0.2, 0) is 6.54 Å². The number of piperazine rings is 1. The minimum Gasteiger partial charge on any atom is -0.489 e. The Morgan fingerprint density at radius 3 is 3.28 bits per heavy atom. The van der Waals surface area contributed by atoms with Gasteiger partial charge in [0, 0.05) is 37.3 Å². The number of hydrogen-bond donors (Lipinski definition) is 2. The second kappa shape index (κ2) is 3.62. The van der Waals surface area contributed by atoms with Crippen molar-refractivity contribution in [2.24, 2.45) is 0 Å². The van der Waals surface area contributed by atoms with Gasteiger partial charge in [0.05, 0.1) is 11.7 Å². The summed E-state index contributed by atoms with van der Waals surface area (Å²) >= 11 is 0. The standard InChI is InChI=1S/C13H15N3O2/c17-13-9-1-2-11-12(10(9)6-15-13)18-7-8-5-14-3-4-16(8)11/h1-2,8,14H,3-7H2,(H,15,17)/t8-/m0/s1. The van der Waals surface area contributed by atoms with E-state index in [9.17, 15) is 4.79 Å². The van der Waals surface area contributed by atoms with E-state index in [-0.39, 0.29) is 5.91 Å². The van der Waals surface area contributed by atoms with Crippen LogP contribution in [0.15, 0.2) is 12.1 Å². The lowest BCUT2D eigenvalue weighted by atomic mass is 10.0. The van der Waals surface area contributed by atoms with E-state index in [0.717, 1.165) is 42.2 Å². The summed E-state index contributed by atoms with van der Waals surface area (Å²) in [6.07, 6.45) is 0. The lowest BCUT2D eigenvalue weighted by Gasteiger charge is -2.42. The Morgan fingerprint density at radius 2 is 2.33 bits per heavy atom. The van der Waals surface area contributed by atoms with E-state index in [4.69, 9.17) is 4.74 Å². The third kappa shape index (κ3) is 1.28. The summed E-state index contributed by atoms with van der Waals surface area (Å²) < 4.78 is 5.91. The summed E-state index contributed by atoms with van der Waals surface area (Å²) in [5, 5.41) is 6.24. The highest BCUT2D eigenvalue weighted by Gasteiger charge is 2.34. The predicted octanol–water partition coefficient (Wildman–Crippen LogP) is 0.101. The van der Waals surface area contributed by atoms with E-state index in [1.807, 2.05) is 12.1 Å². The molecule has 1 aromatic rings. The third-order valence-corrected chi connectivity index (χ3v) is 3.99. The zero-order chi connectivity index (χ0) is 12.1. The topological polar surface area (TPSA) is 53.6 Å². The molecule has 5 nitrogen and oxygen atoms in total. The highest BCUT2D eigenvalue weighted by atomic mass is 16.5. The molecule has 5 heteroatoms. The van der Waals surface area contributed by atoms with Crippen molar-refractivity contribution in [2.45, 2.75) is 12.6 Å². The molecule has 3 aliphatic heterocycles. The number of nitrogens with one attached hydrogen (secondary N) is 2. The maximum Gasteiger partial charge on any atom is 0.252 e. The number of ether oxygens (including phenoxy) is 1. The highest BCUT2D eigenvalue weighted by Crippen LogP contribution is 2.40. The number of hydrogen-bond acceptors (Lipinski definition) is 4. The molecule has 1 aromatic carbocycles. The molecule has 4 rings (SSSR count). The number of carbonyl (C=O) groups excluding carboxylic acids is 1. The molecule has 1 amide bonds. The number of rotatable bonds is 0. The van der Waals surface area contributed by atoms with E-state index in [1.54, 1.807) is 0 Å². The lowest BCUT2D eigenvalue weighted by molar-refractivity contribution is 0.0966. The average Bonchev–Trinajstić information content (AvgIpc) is 2.80. The molecule has 3 aliphatic rings. The van der Waals surface area contributed by atoms with Gasteiger partial charge in [-0.2, -0.15) is 0 Å². The largest absolute Gasteiger partial charge is 0.489 e. The molecule has 0 bridgehead atoms. The van der Waals surface area contributed by atoms with E-state index in [0.29, 0.717) is 19.2 Å². The Balaban J connectivity index is 1.83. The van der Waals surface area contributed by atoms with Gasteiger partial charge < -0.3 is 20.3 Å².